The van der Waals surface area contributed by atoms with E-state index in [1.54, 1.807) is 12.3 Å². The molecule has 0 aliphatic rings. The molecule has 0 unspecified atom stereocenters. The van der Waals surface area contributed by atoms with Gasteiger partial charge in [0.1, 0.15) is 11.4 Å². The van der Waals surface area contributed by atoms with Crippen LogP contribution in [0, 0.1) is 0 Å². The molecule has 2 aromatic heterocycles. The van der Waals surface area contributed by atoms with Crippen molar-refractivity contribution in [2.75, 3.05) is 5.32 Å². The van der Waals surface area contributed by atoms with Gasteiger partial charge in [-0.2, -0.15) is 0 Å². The molecule has 0 radical (unpaired) electrons. The van der Waals surface area contributed by atoms with E-state index < -0.39 is 5.97 Å². The number of nitrogens with zero attached hydrogens (tertiary/aromatic N) is 3. The second-order valence-electron chi connectivity index (χ2n) is 3.12. The van der Waals surface area contributed by atoms with Crippen LogP contribution in [0.3, 0.4) is 0 Å². The molecule has 2 heterocycles. The average Bonchev–Trinajstić information content (AvgIpc) is 2.88. The van der Waals surface area contributed by atoms with Crippen LogP contribution < -0.4 is 5.32 Å². The van der Waals surface area contributed by atoms with Crippen LogP contribution in [-0.2, 0) is 11.3 Å². The first-order chi connectivity index (χ1) is 8.15. The van der Waals surface area contributed by atoms with Crippen LogP contribution in [0.15, 0.2) is 24.5 Å². The van der Waals surface area contributed by atoms with E-state index in [2.05, 4.69) is 15.6 Å². The molecule has 0 fully saturated rings. The number of rotatable bonds is 4. The van der Waals surface area contributed by atoms with E-state index in [1.165, 1.54) is 16.9 Å². The van der Waals surface area contributed by atoms with Crippen molar-refractivity contribution in [1.82, 2.24) is 15.0 Å². The molecule has 0 bridgehead atoms. The molecule has 88 valence electrons. The summed E-state index contributed by atoms with van der Waals surface area (Å²) < 4.78 is 1.38. The minimum atomic E-state index is -1.01. The van der Waals surface area contributed by atoms with Gasteiger partial charge in [-0.05, 0) is 12.1 Å². The fourth-order valence-electron chi connectivity index (χ4n) is 1.16. The molecule has 0 atom stereocenters. The SMILES string of the molecule is O=C(Cn1ccnn1)Nc1ccc(C(=O)O)s1. The summed E-state index contributed by atoms with van der Waals surface area (Å²) in [6, 6.07) is 2.99. The maximum Gasteiger partial charge on any atom is 0.345 e. The van der Waals surface area contributed by atoms with Gasteiger partial charge in [0, 0.05) is 6.20 Å². The predicted molar refractivity (Wildman–Crippen MR) is 59.9 cm³/mol. The van der Waals surface area contributed by atoms with Gasteiger partial charge in [-0.15, -0.1) is 16.4 Å². The second-order valence-corrected chi connectivity index (χ2v) is 4.20. The molecule has 1 amide bonds. The summed E-state index contributed by atoms with van der Waals surface area (Å²) in [7, 11) is 0. The Morgan fingerprint density at radius 1 is 1.47 bits per heavy atom. The zero-order valence-electron chi connectivity index (χ0n) is 8.53. The number of amides is 1. The molecule has 8 heteroatoms. The molecule has 7 nitrogen and oxygen atoms in total. The van der Waals surface area contributed by atoms with Crippen molar-refractivity contribution in [3.63, 3.8) is 0 Å². The average molecular weight is 252 g/mol. The molecule has 0 aliphatic carbocycles. The summed E-state index contributed by atoms with van der Waals surface area (Å²) >= 11 is 1.01. The summed E-state index contributed by atoms with van der Waals surface area (Å²) in [6.45, 7) is 0.0420. The number of carboxylic acids is 1. The number of hydrogen-bond donors (Lipinski definition) is 2. The van der Waals surface area contributed by atoms with E-state index in [-0.39, 0.29) is 17.3 Å². The fourth-order valence-corrected chi connectivity index (χ4v) is 1.92. The van der Waals surface area contributed by atoms with Crippen molar-refractivity contribution in [3.05, 3.63) is 29.4 Å². The highest BCUT2D eigenvalue weighted by molar-refractivity contribution is 7.18. The van der Waals surface area contributed by atoms with Crippen molar-refractivity contribution in [1.29, 1.82) is 0 Å². The molecule has 0 saturated heterocycles. The fraction of sp³-hybridized carbons (Fsp3) is 0.111. The number of carboxylic acid groups (broad SMARTS) is 1. The quantitative estimate of drug-likeness (QED) is 0.833. The number of anilines is 1. The van der Waals surface area contributed by atoms with Crippen molar-refractivity contribution < 1.29 is 14.7 Å². The van der Waals surface area contributed by atoms with E-state index in [9.17, 15) is 9.59 Å². The number of thiophene rings is 1. The zero-order valence-corrected chi connectivity index (χ0v) is 9.35. The van der Waals surface area contributed by atoms with Crippen LogP contribution in [0.25, 0.3) is 0 Å². The van der Waals surface area contributed by atoms with E-state index in [4.69, 9.17) is 5.11 Å². The first-order valence-corrected chi connectivity index (χ1v) is 5.44. The minimum Gasteiger partial charge on any atom is -0.477 e. The normalized spacial score (nSPS) is 10.1. The molecule has 2 aromatic rings. The van der Waals surface area contributed by atoms with Gasteiger partial charge >= 0.3 is 5.97 Å². The van der Waals surface area contributed by atoms with Crippen LogP contribution in [-0.4, -0.2) is 32.0 Å². The maximum atomic E-state index is 11.5. The third-order valence-electron chi connectivity index (χ3n) is 1.86. The maximum absolute atomic E-state index is 11.5. The Balaban J connectivity index is 1.96. The number of nitrogens with one attached hydrogen (secondary N) is 1. The lowest BCUT2D eigenvalue weighted by Gasteiger charge is -2.01. The van der Waals surface area contributed by atoms with Gasteiger partial charge in [0.05, 0.1) is 11.2 Å². The molecule has 0 aliphatic heterocycles. The summed E-state index contributed by atoms with van der Waals surface area (Å²) in [5.74, 6) is -1.29. The number of carbonyl (C=O) groups is 2. The molecule has 0 aromatic carbocycles. The van der Waals surface area contributed by atoms with Crippen molar-refractivity contribution in [2.24, 2.45) is 0 Å². The Bertz CT molecular complexity index is 534. The van der Waals surface area contributed by atoms with E-state index >= 15 is 0 Å². The highest BCUT2D eigenvalue weighted by Crippen LogP contribution is 2.21. The van der Waals surface area contributed by atoms with Gasteiger partial charge in [0.2, 0.25) is 5.91 Å². The molecule has 17 heavy (non-hydrogen) atoms. The van der Waals surface area contributed by atoms with Gasteiger partial charge in [0.15, 0.2) is 0 Å². The van der Waals surface area contributed by atoms with Gasteiger partial charge in [-0.1, -0.05) is 5.21 Å². The third kappa shape index (κ3) is 2.88. The molecule has 0 spiro atoms. The standard InChI is InChI=1S/C9H8N4O3S/c14-7(5-13-4-3-10-12-13)11-8-2-1-6(17-8)9(15)16/h1-4H,5H2,(H,11,14)(H,15,16). The van der Waals surface area contributed by atoms with Crippen molar-refractivity contribution in [3.8, 4) is 0 Å². The topological polar surface area (TPSA) is 97.1 Å². The van der Waals surface area contributed by atoms with Crippen molar-refractivity contribution in [2.45, 2.75) is 6.54 Å². The van der Waals surface area contributed by atoms with Gasteiger partial charge in [-0.25, -0.2) is 9.48 Å². The highest BCUT2D eigenvalue weighted by Gasteiger charge is 2.09. The summed E-state index contributed by atoms with van der Waals surface area (Å²) in [5.41, 5.74) is 0. The predicted octanol–water partition coefficient (Wildman–Crippen LogP) is 0.676. The number of carbonyl (C=O) groups excluding carboxylic acids is 1. The third-order valence-corrected chi connectivity index (χ3v) is 2.85. The largest absolute Gasteiger partial charge is 0.477 e. The molecular formula is C9H8N4O3S. The van der Waals surface area contributed by atoms with E-state index in [0.29, 0.717) is 5.00 Å². The molecule has 2 N–H and O–H groups in total. The van der Waals surface area contributed by atoms with E-state index in [0.717, 1.165) is 11.3 Å². The molecule has 0 saturated carbocycles. The summed E-state index contributed by atoms with van der Waals surface area (Å²) in [5, 5.41) is 19.0. The van der Waals surface area contributed by atoms with Crippen LogP contribution >= 0.6 is 11.3 Å². The van der Waals surface area contributed by atoms with Gasteiger partial charge < -0.3 is 10.4 Å². The Kier molecular flexibility index (Phi) is 3.15. The Hall–Kier alpha value is -2.22. The lowest BCUT2D eigenvalue weighted by Crippen LogP contribution is -2.18. The second kappa shape index (κ2) is 4.74. The first-order valence-electron chi connectivity index (χ1n) is 4.62. The van der Waals surface area contributed by atoms with Crippen LogP contribution in [0.2, 0.25) is 0 Å². The first kappa shape index (κ1) is 11.3. The lowest BCUT2D eigenvalue weighted by molar-refractivity contribution is -0.116. The summed E-state index contributed by atoms with van der Waals surface area (Å²) in [6.07, 6.45) is 3.04. The van der Waals surface area contributed by atoms with Crippen LogP contribution in [0.1, 0.15) is 9.67 Å². The zero-order chi connectivity index (χ0) is 12.3. The highest BCUT2D eigenvalue weighted by atomic mass is 32.1. The van der Waals surface area contributed by atoms with Crippen LogP contribution in [0.4, 0.5) is 5.00 Å². The molecular weight excluding hydrogens is 244 g/mol. The van der Waals surface area contributed by atoms with Crippen LogP contribution in [0.5, 0.6) is 0 Å². The molecule has 2 rings (SSSR count). The minimum absolute atomic E-state index is 0.0420. The van der Waals surface area contributed by atoms with Crippen molar-refractivity contribution >= 4 is 28.2 Å². The monoisotopic (exact) mass is 252 g/mol. The Morgan fingerprint density at radius 2 is 2.29 bits per heavy atom. The Morgan fingerprint density at radius 3 is 2.88 bits per heavy atom. The number of aromatic carboxylic acids is 1. The van der Waals surface area contributed by atoms with Gasteiger partial charge in [-0.3, -0.25) is 4.79 Å². The Labute approximate surface area is 99.7 Å². The lowest BCUT2D eigenvalue weighted by atomic mass is 10.4. The van der Waals surface area contributed by atoms with Gasteiger partial charge in [0.25, 0.3) is 0 Å². The van der Waals surface area contributed by atoms with E-state index in [1.807, 2.05) is 0 Å². The number of hydrogen-bond acceptors (Lipinski definition) is 5. The number of aromatic nitrogens is 3. The summed E-state index contributed by atoms with van der Waals surface area (Å²) in [4.78, 5) is 22.3. The smallest absolute Gasteiger partial charge is 0.345 e.